The van der Waals surface area contributed by atoms with Gasteiger partial charge in [-0.1, -0.05) is 23.7 Å². The van der Waals surface area contributed by atoms with Crippen molar-refractivity contribution in [2.24, 2.45) is 5.73 Å². The molecule has 12 nitrogen and oxygen atoms in total. The minimum absolute atomic E-state index is 0.0486. The predicted octanol–water partition coefficient (Wildman–Crippen LogP) is 6.88. The molecule has 3 aliphatic rings. The Morgan fingerprint density at radius 2 is 1.35 bits per heavy atom. The van der Waals surface area contributed by atoms with E-state index in [1.165, 1.54) is 32.3 Å². The molecule has 0 radical (unpaired) electrons. The Bertz CT molecular complexity index is 2170. The summed E-state index contributed by atoms with van der Waals surface area (Å²) < 4.78 is 59.6. The van der Waals surface area contributed by atoms with E-state index in [1.54, 1.807) is 6.07 Å². The van der Waals surface area contributed by atoms with Crippen molar-refractivity contribution in [3.63, 3.8) is 0 Å². The molecule has 2 aromatic carbocycles. The summed E-state index contributed by atoms with van der Waals surface area (Å²) in [7, 11) is 0. The van der Waals surface area contributed by atoms with Crippen molar-refractivity contribution < 1.29 is 36.7 Å². The number of primary amides is 1. The van der Waals surface area contributed by atoms with Crippen LogP contribution in [0.5, 0.6) is 0 Å². The van der Waals surface area contributed by atoms with E-state index >= 15 is 13.6 Å². The molecule has 3 atom stereocenters. The lowest BCUT2D eigenvalue weighted by Crippen LogP contribution is -2.73. The van der Waals surface area contributed by atoms with Gasteiger partial charge in [0, 0.05) is 52.7 Å². The lowest BCUT2D eigenvalue weighted by atomic mass is 9.91. The second-order valence-corrected chi connectivity index (χ2v) is 13.9. The molecule has 7 rings (SSSR count). The lowest BCUT2D eigenvalue weighted by Gasteiger charge is -2.53. The van der Waals surface area contributed by atoms with E-state index in [0.29, 0.717) is 29.1 Å². The van der Waals surface area contributed by atoms with E-state index in [9.17, 15) is 23.2 Å². The van der Waals surface area contributed by atoms with Gasteiger partial charge < -0.3 is 21.3 Å². The molecule has 2 aromatic heterocycles. The Morgan fingerprint density at radius 1 is 0.852 bits per heavy atom. The van der Waals surface area contributed by atoms with Gasteiger partial charge in [0.15, 0.2) is 0 Å². The third kappa shape index (κ3) is 6.33. The van der Waals surface area contributed by atoms with Crippen LogP contribution in [0.1, 0.15) is 79.1 Å². The highest BCUT2D eigenvalue weighted by Crippen LogP contribution is 2.47. The van der Waals surface area contributed by atoms with Crippen molar-refractivity contribution >= 4 is 46.9 Å². The van der Waals surface area contributed by atoms with E-state index < -0.39 is 77.9 Å². The molecule has 17 heteroatoms. The molecule has 280 valence electrons. The highest BCUT2D eigenvalue weighted by Gasteiger charge is 2.59. The Labute approximate surface area is 311 Å². The van der Waals surface area contributed by atoms with Crippen LogP contribution in [-0.2, 0) is 22.7 Å². The first-order valence-corrected chi connectivity index (χ1v) is 17.4. The number of amides is 6. The van der Waals surface area contributed by atoms with Gasteiger partial charge in [-0.05, 0) is 51.0 Å². The van der Waals surface area contributed by atoms with Crippen molar-refractivity contribution in [2.75, 3.05) is 10.6 Å². The van der Waals surface area contributed by atoms with Crippen LogP contribution in [0, 0.1) is 23.3 Å². The molecule has 0 bridgehead atoms. The second-order valence-electron chi connectivity index (χ2n) is 13.5. The maximum atomic E-state index is 15.9. The maximum absolute atomic E-state index is 15.9. The fourth-order valence-corrected chi connectivity index (χ4v) is 7.64. The smallest absolute Gasteiger partial charge is 0.324 e. The number of urea groups is 2. The van der Waals surface area contributed by atoms with Crippen molar-refractivity contribution in [1.29, 1.82) is 0 Å². The van der Waals surface area contributed by atoms with Crippen LogP contribution >= 0.6 is 11.6 Å². The summed E-state index contributed by atoms with van der Waals surface area (Å²) in [6, 6.07) is 3.67. The normalized spacial score (nSPS) is 17.4. The number of hydrogen-bond acceptors (Lipinski definition) is 6. The summed E-state index contributed by atoms with van der Waals surface area (Å²) in [5.74, 6) is -6.23. The number of hydrogen-bond donors (Lipinski definition) is 3. The first-order chi connectivity index (χ1) is 25.7. The lowest BCUT2D eigenvalue weighted by molar-refractivity contribution is -0.163. The molecule has 1 saturated carbocycles. The predicted molar refractivity (Wildman–Crippen MR) is 188 cm³/mol. The van der Waals surface area contributed by atoms with Crippen LogP contribution in [0.3, 0.4) is 0 Å². The molecule has 4 heterocycles. The summed E-state index contributed by atoms with van der Waals surface area (Å²) in [5, 5.41) is 5.36. The van der Waals surface area contributed by atoms with Crippen LogP contribution in [-0.4, -0.2) is 54.2 Å². The van der Waals surface area contributed by atoms with Gasteiger partial charge in [-0.15, -0.1) is 0 Å². The van der Waals surface area contributed by atoms with Crippen molar-refractivity contribution in [3.8, 4) is 0 Å². The first kappa shape index (κ1) is 36.6. The minimum atomic E-state index is -2.68. The quantitative estimate of drug-likeness (QED) is 0.118. The number of nitrogens with two attached hydrogens (primary N) is 1. The second kappa shape index (κ2) is 13.9. The monoisotopic (exact) mass is 764 g/mol. The van der Waals surface area contributed by atoms with Crippen LogP contribution in [0.25, 0.3) is 0 Å². The molecule has 4 aromatic rings. The average Bonchev–Trinajstić information content (AvgIpc) is 3.96. The number of nitrogens with zero attached hydrogens (tertiary/aromatic N) is 5. The average molecular weight is 765 g/mol. The van der Waals surface area contributed by atoms with E-state index in [4.69, 9.17) is 17.3 Å². The van der Waals surface area contributed by atoms with Crippen molar-refractivity contribution in [1.82, 2.24) is 24.7 Å². The molecule has 0 spiro atoms. The Balaban J connectivity index is 1.49. The van der Waals surface area contributed by atoms with Gasteiger partial charge >= 0.3 is 12.1 Å². The molecule has 2 aliphatic heterocycles. The topological polar surface area (TPSA) is 154 Å². The minimum Gasteiger partial charge on any atom is -0.370 e. The first-order valence-electron chi connectivity index (χ1n) is 17.0. The zero-order valence-corrected chi connectivity index (χ0v) is 29.6. The van der Waals surface area contributed by atoms with Gasteiger partial charge in [-0.3, -0.25) is 24.4 Å². The third-order valence-corrected chi connectivity index (χ3v) is 10.5. The van der Waals surface area contributed by atoms with Crippen LogP contribution in [0.4, 0.5) is 38.5 Å². The number of aromatic nitrogens is 2. The van der Waals surface area contributed by atoms with Gasteiger partial charge in [0.25, 0.3) is 5.91 Å². The molecule has 1 unspecified atom stereocenters. The molecule has 1 aliphatic carbocycles. The number of carbonyl (C=O) groups is 4. The Kier molecular flexibility index (Phi) is 9.41. The van der Waals surface area contributed by atoms with Crippen LogP contribution in [0.2, 0.25) is 5.15 Å². The summed E-state index contributed by atoms with van der Waals surface area (Å²) >= 11 is 6.50. The van der Waals surface area contributed by atoms with Gasteiger partial charge in [-0.2, -0.15) is 0 Å². The van der Waals surface area contributed by atoms with Gasteiger partial charge in [-0.25, -0.2) is 32.1 Å². The van der Waals surface area contributed by atoms with Crippen molar-refractivity contribution in [3.05, 3.63) is 117 Å². The summed E-state index contributed by atoms with van der Waals surface area (Å²) in [6.07, 6.45) is 3.50. The standard InChI is InChI=1S/C37H33ClF4N8O4/c1-18(23-7-5-21(39)13-27(23)41)50(19(2)24-8-6-22(40)14-28(24)42)34(52)37(15-31(43)51,49-17-26-30(47-36(49)54)10-12-45-33(26)38)48-16-25-29(46-35(48)53)9-11-44-32(25)20-3-4-20/h5-14,18-20H,3-4,15-17H2,1-2H3,(H2,43,51)(H,46,53)(H,47,54)/t18-,19-,37?/m0/s1. The summed E-state index contributed by atoms with van der Waals surface area (Å²) in [4.78, 5) is 69.5. The highest BCUT2D eigenvalue weighted by atomic mass is 35.5. The highest BCUT2D eigenvalue weighted by molar-refractivity contribution is 6.30. The van der Waals surface area contributed by atoms with E-state index in [2.05, 4.69) is 20.6 Å². The number of pyridine rings is 2. The van der Waals surface area contributed by atoms with Crippen molar-refractivity contribution in [2.45, 2.75) is 69.9 Å². The molecule has 4 N–H and O–H groups in total. The number of benzene rings is 2. The number of halogens is 5. The van der Waals surface area contributed by atoms with E-state index in [-0.39, 0.29) is 40.0 Å². The SMILES string of the molecule is C[C@@H](c1ccc(F)cc1F)N(C(=O)C(CC(N)=O)(N1Cc2c(ccnc2Cl)NC1=O)N1Cc2c(ccnc2C2CC2)NC1=O)[C@@H](C)c1ccc(F)cc1F. The number of carbonyl (C=O) groups excluding carboxylic acids is 4. The Hall–Kier alpha value is -5.77. The molecule has 54 heavy (non-hydrogen) atoms. The largest absolute Gasteiger partial charge is 0.370 e. The number of nitrogens with one attached hydrogen (secondary N) is 2. The van der Waals surface area contributed by atoms with Gasteiger partial charge in [0.1, 0.15) is 28.4 Å². The Morgan fingerprint density at radius 3 is 1.85 bits per heavy atom. The fourth-order valence-electron chi connectivity index (χ4n) is 7.42. The zero-order valence-electron chi connectivity index (χ0n) is 28.9. The maximum Gasteiger partial charge on any atom is 0.324 e. The fraction of sp³-hybridized carbons (Fsp3) is 0.297. The third-order valence-electron chi connectivity index (χ3n) is 10.2. The van der Waals surface area contributed by atoms with Gasteiger partial charge in [0.05, 0.1) is 48.7 Å². The number of rotatable bonds is 10. The molecular weight excluding hydrogens is 732 g/mol. The van der Waals surface area contributed by atoms with E-state index in [1.807, 2.05) is 0 Å². The number of fused-ring (bicyclic) bond motifs is 2. The van der Waals surface area contributed by atoms with E-state index in [0.717, 1.165) is 51.8 Å². The zero-order chi connectivity index (χ0) is 38.6. The molecule has 1 fully saturated rings. The molecular formula is C37H33ClF4N8O4. The molecule has 0 saturated heterocycles. The summed E-state index contributed by atoms with van der Waals surface area (Å²) in [5.41, 5.74) is 4.77. The van der Waals surface area contributed by atoms with Crippen LogP contribution < -0.4 is 16.4 Å². The summed E-state index contributed by atoms with van der Waals surface area (Å²) in [6.45, 7) is 1.89. The molecule has 6 amide bonds. The van der Waals surface area contributed by atoms with Crippen LogP contribution in [0.15, 0.2) is 60.9 Å². The number of anilines is 2. The van der Waals surface area contributed by atoms with Gasteiger partial charge in [0.2, 0.25) is 11.6 Å².